The number of aromatic nitrogens is 5. The molecule has 1 aliphatic rings. The van der Waals surface area contributed by atoms with Crippen molar-refractivity contribution in [2.24, 2.45) is 0 Å². The molecule has 2 N–H and O–H groups in total. The summed E-state index contributed by atoms with van der Waals surface area (Å²) in [5, 5.41) is 19.0. The molecule has 1 fully saturated rings. The van der Waals surface area contributed by atoms with Crippen molar-refractivity contribution in [3.63, 3.8) is 0 Å². The van der Waals surface area contributed by atoms with E-state index in [1.807, 2.05) is 16.9 Å². The van der Waals surface area contributed by atoms with Crippen LogP contribution in [-0.4, -0.2) is 44.3 Å². The van der Waals surface area contributed by atoms with Gasteiger partial charge in [0.25, 0.3) is 0 Å². The van der Waals surface area contributed by atoms with Crippen molar-refractivity contribution < 1.29 is 0 Å². The molecule has 1 saturated heterocycles. The maximum Gasteiger partial charge on any atom is 0.168 e. The second kappa shape index (κ2) is 7.19. The molecule has 0 unspecified atom stereocenters. The van der Waals surface area contributed by atoms with Gasteiger partial charge in [-0.25, -0.2) is 4.68 Å². The topological polar surface area (TPSA) is 74.7 Å². The van der Waals surface area contributed by atoms with E-state index in [2.05, 4.69) is 68.8 Å². The first-order valence-electron chi connectivity index (χ1n) is 9.22. The molecular formula is C19H25N7. The molecule has 3 heterocycles. The molecule has 0 aliphatic carbocycles. The Hall–Kier alpha value is -2.83. The highest BCUT2D eigenvalue weighted by Crippen LogP contribution is 2.26. The van der Waals surface area contributed by atoms with Crippen molar-refractivity contribution in [3.05, 3.63) is 42.7 Å². The molecule has 4 rings (SSSR count). The Kier molecular flexibility index (Phi) is 4.60. The summed E-state index contributed by atoms with van der Waals surface area (Å²) in [6.07, 6.45) is 5.95. The van der Waals surface area contributed by atoms with Crippen molar-refractivity contribution in [1.82, 2.24) is 25.2 Å². The number of nitrogens with one attached hydrogen (secondary N) is 2. The number of hydrogen-bond acceptors (Lipinski definition) is 5. The maximum absolute atomic E-state index is 4.23. The van der Waals surface area contributed by atoms with Crippen LogP contribution in [0.15, 0.2) is 42.7 Å². The lowest BCUT2D eigenvalue weighted by Gasteiger charge is -2.34. The van der Waals surface area contributed by atoms with Crippen molar-refractivity contribution in [1.29, 1.82) is 0 Å². The number of aromatic amines is 1. The fourth-order valence-corrected chi connectivity index (χ4v) is 3.37. The van der Waals surface area contributed by atoms with E-state index in [1.165, 1.54) is 11.3 Å². The Balaban J connectivity index is 1.37. The zero-order valence-corrected chi connectivity index (χ0v) is 15.3. The van der Waals surface area contributed by atoms with Gasteiger partial charge in [0.1, 0.15) is 0 Å². The molecule has 7 nitrogen and oxygen atoms in total. The highest BCUT2D eigenvalue weighted by atomic mass is 15.4. The smallest absolute Gasteiger partial charge is 0.168 e. The molecule has 0 radical (unpaired) electrons. The number of anilines is 2. The van der Waals surface area contributed by atoms with E-state index in [1.54, 1.807) is 6.20 Å². The van der Waals surface area contributed by atoms with E-state index in [0.717, 1.165) is 37.4 Å². The van der Waals surface area contributed by atoms with Gasteiger partial charge in [0, 0.05) is 42.6 Å². The van der Waals surface area contributed by atoms with E-state index >= 15 is 0 Å². The second-order valence-corrected chi connectivity index (χ2v) is 7.10. The van der Waals surface area contributed by atoms with Gasteiger partial charge in [-0.05, 0) is 44.9 Å². The van der Waals surface area contributed by atoms with Gasteiger partial charge >= 0.3 is 0 Å². The standard InChI is InChI=1S/C19H25N7/c1-14(2)26-13-19(23-24-26)21-16-7-10-25(11-8-16)17-5-3-4-15(12-17)18-6-9-20-22-18/h3-6,9,12-14,16,21H,7-8,10-11H2,1-2H3,(H,20,22). The van der Waals surface area contributed by atoms with Crippen molar-refractivity contribution in [2.45, 2.75) is 38.8 Å². The van der Waals surface area contributed by atoms with Gasteiger partial charge in [-0.1, -0.05) is 17.3 Å². The molecule has 1 aliphatic heterocycles. The lowest BCUT2D eigenvalue weighted by molar-refractivity contribution is 0.514. The van der Waals surface area contributed by atoms with E-state index < -0.39 is 0 Å². The molecule has 0 bridgehead atoms. The molecule has 1 aromatic carbocycles. The van der Waals surface area contributed by atoms with Crippen LogP contribution in [-0.2, 0) is 0 Å². The Morgan fingerprint density at radius 3 is 2.73 bits per heavy atom. The zero-order chi connectivity index (χ0) is 17.9. The van der Waals surface area contributed by atoms with Crippen LogP contribution in [0.1, 0.15) is 32.7 Å². The molecule has 3 aromatic rings. The number of nitrogens with zero attached hydrogens (tertiary/aromatic N) is 5. The molecule has 7 heteroatoms. The first kappa shape index (κ1) is 16.6. The van der Waals surface area contributed by atoms with Crippen LogP contribution in [0.2, 0.25) is 0 Å². The number of benzene rings is 1. The SMILES string of the molecule is CC(C)n1cc(NC2CCN(c3cccc(-c4ccn[nH]4)c3)CC2)nn1. The average molecular weight is 351 g/mol. The van der Waals surface area contributed by atoms with Gasteiger partial charge in [0.05, 0.1) is 11.9 Å². The fourth-order valence-electron chi connectivity index (χ4n) is 3.37. The zero-order valence-electron chi connectivity index (χ0n) is 15.3. The summed E-state index contributed by atoms with van der Waals surface area (Å²) in [5.41, 5.74) is 3.49. The van der Waals surface area contributed by atoms with Gasteiger partial charge in [0.2, 0.25) is 0 Å². The first-order valence-corrected chi connectivity index (χ1v) is 9.22. The van der Waals surface area contributed by atoms with Gasteiger partial charge in [-0.3, -0.25) is 5.10 Å². The molecule has 0 saturated carbocycles. The fraction of sp³-hybridized carbons (Fsp3) is 0.421. The predicted octanol–water partition coefficient (Wildman–Crippen LogP) is 3.33. The largest absolute Gasteiger partial charge is 0.371 e. The molecule has 0 atom stereocenters. The minimum absolute atomic E-state index is 0.335. The van der Waals surface area contributed by atoms with Crippen LogP contribution >= 0.6 is 0 Å². The lowest BCUT2D eigenvalue weighted by atomic mass is 10.0. The van der Waals surface area contributed by atoms with Gasteiger partial charge in [-0.15, -0.1) is 5.10 Å². The molecule has 2 aromatic heterocycles. The van der Waals surface area contributed by atoms with Gasteiger partial charge in [-0.2, -0.15) is 5.10 Å². The number of piperidine rings is 1. The minimum Gasteiger partial charge on any atom is -0.371 e. The third-order valence-electron chi connectivity index (χ3n) is 4.91. The highest BCUT2D eigenvalue weighted by molar-refractivity contribution is 5.65. The molecular weight excluding hydrogens is 326 g/mol. The summed E-state index contributed by atoms with van der Waals surface area (Å²) in [6.45, 7) is 6.27. The van der Waals surface area contributed by atoms with E-state index in [0.29, 0.717) is 12.1 Å². The minimum atomic E-state index is 0.335. The van der Waals surface area contributed by atoms with Crippen LogP contribution < -0.4 is 10.2 Å². The number of H-pyrrole nitrogens is 1. The third-order valence-corrected chi connectivity index (χ3v) is 4.91. The molecule has 26 heavy (non-hydrogen) atoms. The first-order chi connectivity index (χ1) is 12.7. The summed E-state index contributed by atoms with van der Waals surface area (Å²) < 4.78 is 1.89. The summed E-state index contributed by atoms with van der Waals surface area (Å²) in [6, 6.07) is 11.4. The Morgan fingerprint density at radius 2 is 2.04 bits per heavy atom. The van der Waals surface area contributed by atoms with Crippen LogP contribution in [0.5, 0.6) is 0 Å². The van der Waals surface area contributed by atoms with E-state index in [-0.39, 0.29) is 0 Å². The van der Waals surface area contributed by atoms with E-state index in [9.17, 15) is 0 Å². The van der Waals surface area contributed by atoms with Crippen LogP contribution in [0.25, 0.3) is 11.3 Å². The molecule has 0 spiro atoms. The van der Waals surface area contributed by atoms with Crippen LogP contribution in [0.3, 0.4) is 0 Å². The Morgan fingerprint density at radius 1 is 1.19 bits per heavy atom. The Labute approximate surface area is 153 Å². The summed E-state index contributed by atoms with van der Waals surface area (Å²) in [4.78, 5) is 2.45. The van der Waals surface area contributed by atoms with Crippen molar-refractivity contribution in [2.75, 3.05) is 23.3 Å². The average Bonchev–Trinajstić information content (AvgIpc) is 3.35. The highest BCUT2D eigenvalue weighted by Gasteiger charge is 2.20. The summed E-state index contributed by atoms with van der Waals surface area (Å²) >= 11 is 0. The third kappa shape index (κ3) is 3.56. The second-order valence-electron chi connectivity index (χ2n) is 7.10. The number of hydrogen-bond donors (Lipinski definition) is 2. The van der Waals surface area contributed by atoms with Gasteiger partial charge in [0.15, 0.2) is 5.82 Å². The molecule has 136 valence electrons. The summed E-state index contributed by atoms with van der Waals surface area (Å²) in [5.74, 6) is 0.874. The van der Waals surface area contributed by atoms with Crippen LogP contribution in [0, 0.1) is 0 Å². The maximum atomic E-state index is 4.23. The lowest BCUT2D eigenvalue weighted by Crippen LogP contribution is -2.39. The van der Waals surface area contributed by atoms with Crippen molar-refractivity contribution in [3.8, 4) is 11.3 Å². The molecule has 0 amide bonds. The predicted molar refractivity (Wildman–Crippen MR) is 103 cm³/mol. The van der Waals surface area contributed by atoms with Gasteiger partial charge < -0.3 is 10.2 Å². The van der Waals surface area contributed by atoms with E-state index in [4.69, 9.17) is 0 Å². The number of rotatable bonds is 5. The van der Waals surface area contributed by atoms with Crippen molar-refractivity contribution >= 4 is 11.5 Å². The van der Waals surface area contributed by atoms with Crippen LogP contribution in [0.4, 0.5) is 11.5 Å². The monoisotopic (exact) mass is 351 g/mol. The Bertz CT molecular complexity index is 829. The quantitative estimate of drug-likeness (QED) is 0.737. The normalized spacial score (nSPS) is 15.6. The summed E-state index contributed by atoms with van der Waals surface area (Å²) in [7, 11) is 0.